The van der Waals surface area contributed by atoms with E-state index in [1.165, 1.54) is 6.42 Å². The van der Waals surface area contributed by atoms with Gasteiger partial charge in [0.15, 0.2) is 5.78 Å². The van der Waals surface area contributed by atoms with Crippen molar-refractivity contribution in [2.75, 3.05) is 19.7 Å². The lowest BCUT2D eigenvalue weighted by Crippen LogP contribution is -2.41. The minimum Gasteiger partial charge on any atom is -0.466 e. The summed E-state index contributed by atoms with van der Waals surface area (Å²) in [5.74, 6) is -0.440. The van der Waals surface area contributed by atoms with Gasteiger partial charge in [0.05, 0.1) is 13.2 Å². The summed E-state index contributed by atoms with van der Waals surface area (Å²) in [7, 11) is 0. The molecule has 1 fully saturated rings. The third kappa shape index (κ3) is 4.31. The molecule has 0 amide bonds. The molecule has 1 unspecified atom stereocenters. The van der Waals surface area contributed by atoms with E-state index in [0.717, 1.165) is 19.4 Å². The highest BCUT2D eigenvalue weighted by Gasteiger charge is 2.21. The first-order valence-electron chi connectivity index (χ1n) is 6.05. The van der Waals surface area contributed by atoms with Gasteiger partial charge in [-0.05, 0) is 33.2 Å². The molecule has 0 radical (unpaired) electrons. The molecule has 0 spiro atoms. The monoisotopic (exact) mass is 227 g/mol. The van der Waals surface area contributed by atoms with Crippen LogP contribution in [0.15, 0.2) is 0 Å². The maximum Gasteiger partial charge on any atom is 0.313 e. The Kier molecular flexibility index (Phi) is 5.46. The van der Waals surface area contributed by atoms with Crippen LogP contribution in [0, 0.1) is 0 Å². The molecule has 1 atom stereocenters. The third-order valence-corrected chi connectivity index (χ3v) is 2.97. The Labute approximate surface area is 96.9 Å². The van der Waals surface area contributed by atoms with Crippen LogP contribution in [-0.2, 0) is 14.3 Å². The normalized spacial score (nSPS) is 21.8. The number of hydrogen-bond acceptors (Lipinski definition) is 4. The van der Waals surface area contributed by atoms with Crippen molar-refractivity contribution in [1.29, 1.82) is 0 Å². The highest BCUT2D eigenvalue weighted by Crippen LogP contribution is 2.15. The molecule has 0 aliphatic carbocycles. The zero-order valence-corrected chi connectivity index (χ0v) is 10.2. The molecule has 1 rings (SSSR count). The fourth-order valence-electron chi connectivity index (χ4n) is 2.05. The smallest absolute Gasteiger partial charge is 0.313 e. The van der Waals surface area contributed by atoms with E-state index in [-0.39, 0.29) is 12.2 Å². The molecule has 0 aromatic carbocycles. The molecule has 1 aliphatic rings. The maximum atomic E-state index is 11.6. The molecule has 0 saturated carbocycles. The van der Waals surface area contributed by atoms with Crippen LogP contribution in [0.4, 0.5) is 0 Å². The van der Waals surface area contributed by atoms with Gasteiger partial charge in [-0.3, -0.25) is 14.5 Å². The standard InChI is InChI=1S/C12H21NO3/c1-3-16-12(15)8-11(14)9-13-7-5-4-6-10(13)2/h10H,3-9H2,1-2H3. The summed E-state index contributed by atoms with van der Waals surface area (Å²) in [5.41, 5.74) is 0. The van der Waals surface area contributed by atoms with Gasteiger partial charge in [0.1, 0.15) is 6.42 Å². The maximum absolute atomic E-state index is 11.6. The molecule has 0 aromatic rings. The second-order valence-corrected chi connectivity index (χ2v) is 4.34. The quantitative estimate of drug-likeness (QED) is 0.526. The molecular formula is C12H21NO3. The lowest BCUT2D eigenvalue weighted by Gasteiger charge is -2.32. The van der Waals surface area contributed by atoms with Crippen LogP contribution in [0.5, 0.6) is 0 Å². The van der Waals surface area contributed by atoms with E-state index < -0.39 is 5.97 Å². The lowest BCUT2D eigenvalue weighted by atomic mass is 10.0. The number of esters is 1. The number of hydrogen-bond donors (Lipinski definition) is 0. The Balaban J connectivity index is 2.30. The van der Waals surface area contributed by atoms with Crippen LogP contribution in [0.1, 0.15) is 39.5 Å². The molecule has 1 saturated heterocycles. The van der Waals surface area contributed by atoms with E-state index in [9.17, 15) is 9.59 Å². The fourth-order valence-corrected chi connectivity index (χ4v) is 2.05. The Morgan fingerprint density at radius 1 is 1.38 bits per heavy atom. The number of carbonyl (C=O) groups excluding carboxylic acids is 2. The van der Waals surface area contributed by atoms with E-state index in [0.29, 0.717) is 19.2 Å². The molecule has 92 valence electrons. The van der Waals surface area contributed by atoms with Gasteiger partial charge in [-0.1, -0.05) is 6.42 Å². The van der Waals surface area contributed by atoms with Crippen molar-refractivity contribution in [2.45, 2.75) is 45.6 Å². The Morgan fingerprint density at radius 2 is 2.12 bits per heavy atom. The highest BCUT2D eigenvalue weighted by atomic mass is 16.5. The highest BCUT2D eigenvalue weighted by molar-refractivity contribution is 5.96. The van der Waals surface area contributed by atoms with Crippen LogP contribution < -0.4 is 0 Å². The minimum atomic E-state index is -0.405. The average molecular weight is 227 g/mol. The molecular weight excluding hydrogens is 206 g/mol. The summed E-state index contributed by atoms with van der Waals surface area (Å²) in [6.07, 6.45) is 3.45. The molecule has 1 heterocycles. The van der Waals surface area contributed by atoms with Gasteiger partial charge >= 0.3 is 5.97 Å². The predicted molar refractivity (Wildman–Crippen MR) is 61.1 cm³/mol. The van der Waals surface area contributed by atoms with Gasteiger partial charge in [-0.15, -0.1) is 0 Å². The Hall–Kier alpha value is -0.900. The van der Waals surface area contributed by atoms with Gasteiger partial charge in [0.2, 0.25) is 0 Å². The van der Waals surface area contributed by atoms with Gasteiger partial charge in [0.25, 0.3) is 0 Å². The predicted octanol–water partition coefficient (Wildman–Crippen LogP) is 1.38. The van der Waals surface area contributed by atoms with Crippen molar-refractivity contribution in [2.24, 2.45) is 0 Å². The second kappa shape index (κ2) is 6.63. The van der Waals surface area contributed by atoms with Crippen LogP contribution in [0.25, 0.3) is 0 Å². The van der Waals surface area contributed by atoms with Gasteiger partial charge in [-0.2, -0.15) is 0 Å². The van der Waals surface area contributed by atoms with E-state index in [2.05, 4.69) is 11.8 Å². The van der Waals surface area contributed by atoms with E-state index in [4.69, 9.17) is 4.74 Å². The Morgan fingerprint density at radius 3 is 2.75 bits per heavy atom. The average Bonchev–Trinajstić information content (AvgIpc) is 2.21. The lowest BCUT2D eigenvalue weighted by molar-refractivity contribution is -0.145. The van der Waals surface area contributed by atoms with Crippen LogP contribution in [0.3, 0.4) is 0 Å². The van der Waals surface area contributed by atoms with Crippen molar-refractivity contribution in [1.82, 2.24) is 4.90 Å². The molecule has 0 N–H and O–H groups in total. The van der Waals surface area contributed by atoms with Gasteiger partial charge in [0, 0.05) is 6.04 Å². The summed E-state index contributed by atoms with van der Waals surface area (Å²) in [4.78, 5) is 24.9. The molecule has 1 aliphatic heterocycles. The summed E-state index contributed by atoms with van der Waals surface area (Å²) < 4.78 is 4.75. The first-order chi connectivity index (χ1) is 7.63. The van der Waals surface area contributed by atoms with Crippen LogP contribution >= 0.6 is 0 Å². The summed E-state index contributed by atoms with van der Waals surface area (Å²) >= 11 is 0. The summed E-state index contributed by atoms with van der Waals surface area (Å²) in [6.45, 7) is 5.58. The van der Waals surface area contributed by atoms with E-state index in [1.54, 1.807) is 6.92 Å². The molecule has 0 bridgehead atoms. The number of nitrogens with zero attached hydrogens (tertiary/aromatic N) is 1. The van der Waals surface area contributed by atoms with Crippen molar-refractivity contribution in [3.63, 3.8) is 0 Å². The van der Waals surface area contributed by atoms with Gasteiger partial charge < -0.3 is 4.74 Å². The minimum absolute atomic E-state index is 0.0350. The Bertz CT molecular complexity index is 253. The summed E-state index contributed by atoms with van der Waals surface area (Å²) in [5, 5.41) is 0. The van der Waals surface area contributed by atoms with Crippen molar-refractivity contribution in [3.05, 3.63) is 0 Å². The topological polar surface area (TPSA) is 46.6 Å². The van der Waals surface area contributed by atoms with Crippen molar-refractivity contribution in [3.8, 4) is 0 Å². The molecule has 4 heteroatoms. The number of ether oxygens (including phenoxy) is 1. The number of Topliss-reactive ketones (excluding diaryl/α,β-unsaturated/α-hetero) is 1. The number of ketones is 1. The number of likely N-dealkylation sites (tertiary alicyclic amines) is 1. The van der Waals surface area contributed by atoms with Crippen LogP contribution in [0.2, 0.25) is 0 Å². The first-order valence-corrected chi connectivity index (χ1v) is 6.05. The van der Waals surface area contributed by atoms with Crippen LogP contribution in [-0.4, -0.2) is 42.4 Å². The molecule has 4 nitrogen and oxygen atoms in total. The molecule has 0 aromatic heterocycles. The zero-order valence-electron chi connectivity index (χ0n) is 10.2. The second-order valence-electron chi connectivity index (χ2n) is 4.34. The number of carbonyl (C=O) groups is 2. The number of rotatable bonds is 5. The largest absolute Gasteiger partial charge is 0.466 e. The zero-order chi connectivity index (χ0) is 12.0. The third-order valence-electron chi connectivity index (χ3n) is 2.97. The van der Waals surface area contributed by atoms with E-state index >= 15 is 0 Å². The fraction of sp³-hybridized carbons (Fsp3) is 0.833. The van der Waals surface area contributed by atoms with Gasteiger partial charge in [-0.25, -0.2) is 0 Å². The molecule has 16 heavy (non-hydrogen) atoms. The SMILES string of the molecule is CCOC(=O)CC(=O)CN1CCCCC1C. The van der Waals surface area contributed by atoms with E-state index in [1.807, 2.05) is 0 Å². The van der Waals surface area contributed by atoms with Crippen molar-refractivity contribution >= 4 is 11.8 Å². The first kappa shape index (κ1) is 13.2. The summed E-state index contributed by atoms with van der Waals surface area (Å²) in [6, 6.07) is 0.458. The van der Waals surface area contributed by atoms with Crippen molar-refractivity contribution < 1.29 is 14.3 Å². The number of piperidine rings is 1.